The first kappa shape index (κ1) is 14.7. The summed E-state index contributed by atoms with van der Waals surface area (Å²) in [6.07, 6.45) is 3.13. The van der Waals surface area contributed by atoms with E-state index in [2.05, 4.69) is 10.3 Å². The maximum absolute atomic E-state index is 12.1. The van der Waals surface area contributed by atoms with Crippen molar-refractivity contribution in [3.05, 3.63) is 53.6 Å². The molecule has 2 aromatic rings. The number of carbonyl (C=O) groups excluding carboxylic acids is 2. The van der Waals surface area contributed by atoms with Gasteiger partial charge in [0.05, 0.1) is 17.3 Å². The Kier molecular flexibility index (Phi) is 4.34. The molecule has 21 heavy (non-hydrogen) atoms. The summed E-state index contributed by atoms with van der Waals surface area (Å²) in [6.45, 7) is 1.80. The molecule has 7 nitrogen and oxygen atoms in total. The molecule has 3 N–H and O–H groups in total. The van der Waals surface area contributed by atoms with Gasteiger partial charge in [-0.05, 0) is 31.2 Å². The number of nitrogens with one attached hydrogen (secondary N) is 2. The Hall–Kier alpha value is -2.67. The van der Waals surface area contributed by atoms with E-state index in [4.69, 9.17) is 5.21 Å². The van der Waals surface area contributed by atoms with E-state index in [0.29, 0.717) is 11.4 Å². The Labute approximate surface area is 121 Å². The van der Waals surface area contributed by atoms with E-state index in [1.54, 1.807) is 42.9 Å². The SMILES string of the molecule is C[C@H](NC(=O)c1cccn1C)c1ccc(C(=O)NO)cn1. The fourth-order valence-electron chi connectivity index (χ4n) is 1.90. The molecule has 0 aromatic carbocycles. The van der Waals surface area contributed by atoms with Crippen LogP contribution in [0.3, 0.4) is 0 Å². The number of carbonyl (C=O) groups is 2. The number of nitrogens with zero attached hydrogens (tertiary/aromatic N) is 2. The summed E-state index contributed by atoms with van der Waals surface area (Å²) < 4.78 is 1.73. The second-order valence-electron chi connectivity index (χ2n) is 4.61. The Morgan fingerprint density at radius 2 is 2.05 bits per heavy atom. The van der Waals surface area contributed by atoms with Crippen molar-refractivity contribution in [2.45, 2.75) is 13.0 Å². The lowest BCUT2D eigenvalue weighted by Gasteiger charge is -2.14. The van der Waals surface area contributed by atoms with Crippen molar-refractivity contribution in [2.24, 2.45) is 7.05 Å². The van der Waals surface area contributed by atoms with E-state index in [9.17, 15) is 9.59 Å². The summed E-state index contributed by atoms with van der Waals surface area (Å²) >= 11 is 0. The van der Waals surface area contributed by atoms with Crippen LogP contribution in [0.5, 0.6) is 0 Å². The summed E-state index contributed by atoms with van der Waals surface area (Å²) in [6, 6.07) is 6.36. The molecule has 110 valence electrons. The first-order valence-corrected chi connectivity index (χ1v) is 6.35. The Morgan fingerprint density at radius 3 is 2.57 bits per heavy atom. The van der Waals surface area contributed by atoms with Crippen molar-refractivity contribution in [1.82, 2.24) is 20.3 Å². The monoisotopic (exact) mass is 288 g/mol. The third-order valence-electron chi connectivity index (χ3n) is 3.12. The zero-order valence-corrected chi connectivity index (χ0v) is 11.7. The molecule has 0 saturated heterocycles. The molecule has 7 heteroatoms. The second kappa shape index (κ2) is 6.19. The third-order valence-corrected chi connectivity index (χ3v) is 3.12. The Morgan fingerprint density at radius 1 is 1.29 bits per heavy atom. The predicted octanol–water partition coefficient (Wildman–Crippen LogP) is 1.03. The fraction of sp³-hybridized carbons (Fsp3) is 0.214. The van der Waals surface area contributed by atoms with Crippen LogP contribution in [0.2, 0.25) is 0 Å². The van der Waals surface area contributed by atoms with Crippen LogP contribution >= 0.6 is 0 Å². The van der Waals surface area contributed by atoms with Crippen LogP contribution in [-0.2, 0) is 7.05 Å². The van der Waals surface area contributed by atoms with Crippen molar-refractivity contribution in [3.8, 4) is 0 Å². The van der Waals surface area contributed by atoms with Gasteiger partial charge < -0.3 is 9.88 Å². The maximum Gasteiger partial charge on any atom is 0.276 e. The van der Waals surface area contributed by atoms with Crippen LogP contribution in [0.4, 0.5) is 0 Å². The highest BCUT2D eigenvalue weighted by Crippen LogP contribution is 2.11. The first-order chi connectivity index (χ1) is 10.0. The lowest BCUT2D eigenvalue weighted by molar-refractivity contribution is 0.0705. The molecule has 0 fully saturated rings. The number of hydrogen-bond donors (Lipinski definition) is 3. The van der Waals surface area contributed by atoms with Crippen LogP contribution in [-0.4, -0.2) is 26.6 Å². The van der Waals surface area contributed by atoms with Crippen LogP contribution in [0.25, 0.3) is 0 Å². The number of pyridine rings is 1. The number of aryl methyl sites for hydroxylation is 1. The summed E-state index contributed by atoms with van der Waals surface area (Å²) in [5, 5.41) is 11.4. The van der Waals surface area contributed by atoms with E-state index >= 15 is 0 Å². The third kappa shape index (κ3) is 3.26. The van der Waals surface area contributed by atoms with Crippen molar-refractivity contribution in [2.75, 3.05) is 0 Å². The van der Waals surface area contributed by atoms with Crippen LogP contribution in [0, 0.1) is 0 Å². The van der Waals surface area contributed by atoms with Crippen LogP contribution in [0.1, 0.15) is 39.5 Å². The van der Waals surface area contributed by atoms with E-state index in [1.165, 1.54) is 17.7 Å². The van der Waals surface area contributed by atoms with Gasteiger partial charge in [0.1, 0.15) is 5.69 Å². The normalized spacial score (nSPS) is 11.8. The number of amides is 2. The number of rotatable bonds is 4. The lowest BCUT2D eigenvalue weighted by atomic mass is 10.1. The highest BCUT2D eigenvalue weighted by Gasteiger charge is 2.15. The predicted molar refractivity (Wildman–Crippen MR) is 74.8 cm³/mol. The molecule has 2 heterocycles. The largest absolute Gasteiger partial charge is 0.347 e. The molecule has 0 aliphatic heterocycles. The summed E-state index contributed by atoms with van der Waals surface area (Å²) in [5.74, 6) is -0.830. The molecule has 0 unspecified atom stereocenters. The molecule has 2 amide bonds. The maximum atomic E-state index is 12.1. The average Bonchev–Trinajstić information content (AvgIpc) is 2.92. The Bertz CT molecular complexity index is 648. The van der Waals surface area contributed by atoms with Crippen molar-refractivity contribution >= 4 is 11.8 Å². The van der Waals surface area contributed by atoms with Crippen molar-refractivity contribution in [1.29, 1.82) is 0 Å². The highest BCUT2D eigenvalue weighted by atomic mass is 16.5. The quantitative estimate of drug-likeness (QED) is 0.578. The summed E-state index contributed by atoms with van der Waals surface area (Å²) in [5.41, 5.74) is 2.95. The van der Waals surface area contributed by atoms with Gasteiger partial charge in [0.25, 0.3) is 11.8 Å². The zero-order valence-electron chi connectivity index (χ0n) is 11.7. The minimum Gasteiger partial charge on any atom is -0.347 e. The molecular formula is C14H16N4O3. The number of hydroxylamine groups is 1. The van der Waals surface area contributed by atoms with Gasteiger partial charge in [-0.2, -0.15) is 0 Å². The number of hydrogen-bond acceptors (Lipinski definition) is 4. The van der Waals surface area contributed by atoms with E-state index in [0.717, 1.165) is 0 Å². The summed E-state index contributed by atoms with van der Waals surface area (Å²) in [4.78, 5) is 27.4. The molecule has 0 bridgehead atoms. The molecule has 2 rings (SSSR count). The zero-order chi connectivity index (χ0) is 15.4. The van der Waals surface area contributed by atoms with E-state index < -0.39 is 5.91 Å². The molecule has 0 spiro atoms. The van der Waals surface area contributed by atoms with Gasteiger partial charge in [0.2, 0.25) is 0 Å². The highest BCUT2D eigenvalue weighted by molar-refractivity contribution is 5.93. The van der Waals surface area contributed by atoms with Gasteiger partial charge >= 0.3 is 0 Å². The van der Waals surface area contributed by atoms with Gasteiger partial charge in [-0.25, -0.2) is 5.48 Å². The molecular weight excluding hydrogens is 272 g/mol. The molecule has 2 aromatic heterocycles. The average molecular weight is 288 g/mol. The van der Waals surface area contributed by atoms with E-state index in [-0.39, 0.29) is 17.5 Å². The van der Waals surface area contributed by atoms with Crippen molar-refractivity contribution in [3.63, 3.8) is 0 Å². The standard InChI is InChI=1S/C14H16N4O3/c1-9(16-14(20)12-4-3-7-18(12)2)11-6-5-10(8-15-11)13(19)17-21/h3-9,21H,1-2H3,(H,16,20)(H,17,19)/t9-/m0/s1. The van der Waals surface area contributed by atoms with Gasteiger partial charge in [-0.15, -0.1) is 0 Å². The van der Waals surface area contributed by atoms with Gasteiger partial charge in [0, 0.05) is 19.4 Å². The van der Waals surface area contributed by atoms with Gasteiger partial charge in [-0.3, -0.25) is 19.8 Å². The van der Waals surface area contributed by atoms with Gasteiger partial charge in [0.15, 0.2) is 0 Å². The molecule has 0 radical (unpaired) electrons. The fourth-order valence-corrected chi connectivity index (χ4v) is 1.90. The lowest BCUT2D eigenvalue weighted by Crippen LogP contribution is -2.28. The molecule has 0 saturated carbocycles. The number of aromatic nitrogens is 2. The topological polar surface area (TPSA) is 96.2 Å². The first-order valence-electron chi connectivity index (χ1n) is 6.35. The van der Waals surface area contributed by atoms with Crippen molar-refractivity contribution < 1.29 is 14.8 Å². The van der Waals surface area contributed by atoms with E-state index in [1.807, 2.05) is 0 Å². The van der Waals surface area contributed by atoms with Crippen LogP contribution < -0.4 is 10.8 Å². The smallest absolute Gasteiger partial charge is 0.276 e. The Balaban J connectivity index is 2.07. The van der Waals surface area contributed by atoms with Crippen LogP contribution in [0.15, 0.2) is 36.7 Å². The minimum absolute atomic E-state index is 0.200. The second-order valence-corrected chi connectivity index (χ2v) is 4.61. The molecule has 0 aliphatic carbocycles. The van der Waals surface area contributed by atoms with Gasteiger partial charge in [-0.1, -0.05) is 0 Å². The molecule has 1 atom stereocenters. The summed E-state index contributed by atoms with van der Waals surface area (Å²) in [7, 11) is 1.79. The molecule has 0 aliphatic rings. The minimum atomic E-state index is -0.630.